The molecule has 0 unspecified atom stereocenters. The number of hydrogen-bond acceptors (Lipinski definition) is 3. The van der Waals surface area contributed by atoms with E-state index in [0.29, 0.717) is 40.9 Å². The summed E-state index contributed by atoms with van der Waals surface area (Å²) >= 11 is 0. The van der Waals surface area contributed by atoms with Gasteiger partial charge in [-0.05, 0) is 74.4 Å². The Balaban J connectivity index is 0.00000119. The number of hydrogen-bond donors (Lipinski definition) is 0. The van der Waals surface area contributed by atoms with E-state index >= 15 is 0 Å². The number of carbonyl (C=O) groups is 1. The molecule has 1 heterocycles. The van der Waals surface area contributed by atoms with E-state index in [2.05, 4.69) is 11.8 Å². The van der Waals surface area contributed by atoms with Gasteiger partial charge in [-0.3, -0.25) is 14.2 Å². The molecule has 10 heteroatoms. The summed E-state index contributed by atoms with van der Waals surface area (Å²) in [4.78, 5) is 33.6. The number of para-hydroxylation sites is 1. The summed E-state index contributed by atoms with van der Waals surface area (Å²) in [5.41, 5.74) is 1.35. The average molecular weight is 579 g/mol. The van der Waals surface area contributed by atoms with Crippen LogP contribution in [0.25, 0.3) is 16.6 Å². The molecule has 0 aliphatic rings. The van der Waals surface area contributed by atoms with Crippen LogP contribution in [0, 0.1) is 11.8 Å². The number of carbonyl (C=O) groups excluding carboxylic acids is 1. The first-order valence-corrected chi connectivity index (χ1v) is 13.4. The fourth-order valence-electron chi connectivity index (χ4n) is 4.52. The second kappa shape index (κ2) is 14.5. The highest BCUT2D eigenvalue weighted by molar-refractivity contribution is 6.23. The molecule has 1 atom stereocenters. The molecule has 4 rings (SSSR count). The number of benzene rings is 3. The highest BCUT2D eigenvalue weighted by Crippen LogP contribution is 2.29. The smallest absolute Gasteiger partial charge is 0.342 e. The first-order chi connectivity index (χ1) is 20.4. The Bertz CT molecular complexity index is 1660. The first-order valence-electron chi connectivity index (χ1n) is 14.0. The Morgan fingerprint density at radius 2 is 1.71 bits per heavy atom. The highest BCUT2D eigenvalue weighted by atomic mass is 19.4. The number of amides is 1. The summed E-state index contributed by atoms with van der Waals surface area (Å²) in [6, 6.07) is 18.3. The lowest BCUT2D eigenvalue weighted by atomic mass is 10.1. The van der Waals surface area contributed by atoms with Crippen molar-refractivity contribution in [3.05, 3.63) is 106 Å². The van der Waals surface area contributed by atoms with Gasteiger partial charge in [0.2, 0.25) is 5.91 Å². The molecule has 0 spiro atoms. The van der Waals surface area contributed by atoms with Crippen molar-refractivity contribution >= 4 is 24.3 Å². The van der Waals surface area contributed by atoms with Crippen LogP contribution in [0.2, 0.25) is 6.82 Å². The van der Waals surface area contributed by atoms with Gasteiger partial charge in [0.05, 0.1) is 34.6 Å². The summed E-state index contributed by atoms with van der Waals surface area (Å²) < 4.78 is 57.0. The zero-order chi connectivity index (χ0) is 31.7. The van der Waals surface area contributed by atoms with Gasteiger partial charge in [-0.2, -0.15) is 13.2 Å². The Labute approximate surface area is 244 Å². The highest BCUT2D eigenvalue weighted by Gasteiger charge is 2.30. The number of alkyl halides is 3. The summed E-state index contributed by atoms with van der Waals surface area (Å²) in [7, 11) is -1.42. The molecule has 1 aromatic heterocycles. The molecule has 0 bridgehead atoms. The molecule has 3 aromatic carbocycles. The van der Waals surface area contributed by atoms with Gasteiger partial charge in [0.25, 0.3) is 5.56 Å². The maximum Gasteiger partial charge on any atom is 0.416 e. The molecule has 0 saturated heterocycles. The minimum atomic E-state index is -4.45. The summed E-state index contributed by atoms with van der Waals surface area (Å²) in [6.45, 7) is 7.04. The monoisotopic (exact) mass is 579 g/mol. The van der Waals surface area contributed by atoms with Crippen molar-refractivity contribution in [1.29, 1.82) is 1.34 Å². The predicted molar refractivity (Wildman–Crippen MR) is 160 cm³/mol. The summed E-state index contributed by atoms with van der Waals surface area (Å²) in [5.74, 6) is 5.95. The second-order valence-corrected chi connectivity index (χ2v) is 9.40. The van der Waals surface area contributed by atoms with Crippen molar-refractivity contribution in [2.45, 2.75) is 52.7 Å². The lowest BCUT2D eigenvalue weighted by Crippen LogP contribution is -2.38. The molecule has 0 N–H and O–H groups in total. The third kappa shape index (κ3) is 7.66. The van der Waals surface area contributed by atoms with Crippen LogP contribution in [0.3, 0.4) is 0 Å². The molecule has 42 heavy (non-hydrogen) atoms. The molecule has 0 saturated carbocycles. The van der Waals surface area contributed by atoms with E-state index < -0.39 is 25.3 Å². The normalized spacial score (nSPS) is 11.9. The Morgan fingerprint density at radius 1 is 1.10 bits per heavy atom. The van der Waals surface area contributed by atoms with Gasteiger partial charge in [0.1, 0.15) is 5.82 Å². The van der Waals surface area contributed by atoms with Crippen LogP contribution in [0.4, 0.5) is 17.5 Å². The van der Waals surface area contributed by atoms with E-state index in [1.807, 2.05) is 26.0 Å². The van der Waals surface area contributed by atoms with Crippen molar-refractivity contribution in [3.63, 3.8) is 0 Å². The predicted octanol–water partition coefficient (Wildman–Crippen LogP) is 6.67. The van der Waals surface area contributed by atoms with Crippen LogP contribution in [-0.2, 0) is 17.4 Å². The van der Waals surface area contributed by atoms with Crippen molar-refractivity contribution in [2.24, 2.45) is 0 Å². The van der Waals surface area contributed by atoms with E-state index in [1.54, 1.807) is 48.2 Å². The quantitative estimate of drug-likeness (QED) is 0.140. The SMILES string of the molecule is CC#Cc1ccc(-n2c([C@@H](C)N(CCC)C(=O)Cc3ccc(C(F)(F)F)cc3)nc3ccccc3c2=O)cc1.[3H]B(C)F. The third-order valence-corrected chi connectivity index (χ3v) is 6.46. The molecule has 1 amide bonds. The minimum absolute atomic E-state index is 0.0787. The van der Waals surface area contributed by atoms with Crippen LogP contribution in [-0.4, -0.2) is 35.8 Å². The fourth-order valence-corrected chi connectivity index (χ4v) is 4.52. The lowest BCUT2D eigenvalue weighted by molar-refractivity contribution is -0.137. The lowest BCUT2D eigenvalue weighted by Gasteiger charge is -2.30. The third-order valence-electron chi connectivity index (χ3n) is 6.46. The Morgan fingerprint density at radius 3 is 2.29 bits per heavy atom. The van der Waals surface area contributed by atoms with E-state index in [0.717, 1.165) is 17.7 Å². The summed E-state index contributed by atoms with van der Waals surface area (Å²) in [5, 5.41) is 0.448. The average Bonchev–Trinajstić information content (AvgIpc) is 2.96. The minimum Gasteiger partial charge on any atom is -0.342 e. The molecule has 218 valence electrons. The zero-order valence-corrected chi connectivity index (χ0v) is 23.9. The van der Waals surface area contributed by atoms with Crippen molar-refractivity contribution in [2.75, 3.05) is 6.54 Å². The first kappa shape index (κ1) is 30.6. The van der Waals surface area contributed by atoms with Crippen molar-refractivity contribution in [3.8, 4) is 17.5 Å². The van der Waals surface area contributed by atoms with Crippen LogP contribution in [0.1, 0.15) is 55.7 Å². The van der Waals surface area contributed by atoms with E-state index in [4.69, 9.17) is 6.32 Å². The van der Waals surface area contributed by atoms with Crippen molar-refractivity contribution in [1.82, 2.24) is 14.5 Å². The summed E-state index contributed by atoms with van der Waals surface area (Å²) in [6.07, 6.45) is -3.88. The van der Waals surface area contributed by atoms with Crippen LogP contribution in [0.5, 0.6) is 0 Å². The van der Waals surface area contributed by atoms with Gasteiger partial charge < -0.3 is 9.22 Å². The number of aromatic nitrogens is 2. The molecular weight excluding hydrogens is 545 g/mol. The molecule has 5 nitrogen and oxygen atoms in total. The van der Waals surface area contributed by atoms with Gasteiger partial charge in [0.15, 0.2) is 0 Å². The standard InChI is InChI=1S/C31H28F3N3O2.CH4BF/c1-4-8-22-13-17-25(18-14-22)37-29(35-27-10-7-6-9-26(27)30(37)39)21(3)36(19-5-2)28(38)20-23-11-15-24(16-12-23)31(32,33)34;1-2-3/h6-7,9-18,21H,5,19-20H2,1-3H3;2H,1H3/t21-;/m1./s1/i;2T. The number of nitrogens with zero attached hydrogens (tertiary/aromatic N) is 3. The van der Waals surface area contributed by atoms with E-state index in [9.17, 15) is 27.1 Å². The molecule has 4 aromatic rings. The zero-order valence-electron chi connectivity index (χ0n) is 24.9. The molecule has 0 radical (unpaired) electrons. The van der Waals surface area contributed by atoms with Crippen LogP contribution < -0.4 is 5.56 Å². The number of halogens is 4. The number of rotatable bonds is 7. The fraction of sp³-hybridized carbons (Fsp3) is 0.281. The van der Waals surface area contributed by atoms with Gasteiger partial charge in [-0.1, -0.05) is 43.9 Å². The maximum absolute atomic E-state index is 13.7. The van der Waals surface area contributed by atoms with Gasteiger partial charge in [0, 0.05) is 13.4 Å². The molecule has 0 aliphatic heterocycles. The molecule has 0 fully saturated rings. The molecular formula is C32H32BF4N3O2. The van der Waals surface area contributed by atoms with Gasteiger partial charge in [-0.15, -0.1) is 5.92 Å². The van der Waals surface area contributed by atoms with E-state index in [-0.39, 0.29) is 17.9 Å². The topological polar surface area (TPSA) is 55.2 Å². The van der Waals surface area contributed by atoms with Gasteiger partial charge >= 0.3 is 13.7 Å². The van der Waals surface area contributed by atoms with Crippen LogP contribution in [0.15, 0.2) is 77.6 Å². The largest absolute Gasteiger partial charge is 0.416 e. The van der Waals surface area contributed by atoms with Gasteiger partial charge in [-0.25, -0.2) is 4.98 Å². The van der Waals surface area contributed by atoms with E-state index in [1.165, 1.54) is 23.5 Å². The maximum atomic E-state index is 13.7. The number of fused-ring (bicyclic) bond motifs is 1. The molecule has 0 aliphatic carbocycles. The Hall–Kier alpha value is -4.39. The second-order valence-electron chi connectivity index (χ2n) is 9.40. The van der Waals surface area contributed by atoms with Crippen LogP contribution >= 0.6 is 0 Å². The van der Waals surface area contributed by atoms with Crippen molar-refractivity contribution < 1.29 is 22.3 Å². The Kier molecular flexibility index (Phi) is 10.5.